The number of carbonyl (C=O) groups is 1. The molecule has 2 N–H and O–H groups in total. The Bertz CT molecular complexity index is 381. The van der Waals surface area contributed by atoms with Gasteiger partial charge in [-0.05, 0) is 28.9 Å². The van der Waals surface area contributed by atoms with E-state index in [4.69, 9.17) is 5.73 Å². The number of anilines is 1. The second kappa shape index (κ2) is 3.72. The monoisotopic (exact) mass is 263 g/mol. The van der Waals surface area contributed by atoms with Gasteiger partial charge in [-0.25, -0.2) is 4.39 Å². The molecule has 5 heteroatoms. The van der Waals surface area contributed by atoms with Gasteiger partial charge in [0, 0.05) is 9.78 Å². The van der Waals surface area contributed by atoms with Gasteiger partial charge in [0.25, 0.3) is 0 Å². The molecule has 0 amide bonds. The maximum absolute atomic E-state index is 13.2. The Morgan fingerprint density at radius 3 is 2.69 bits per heavy atom. The second-order valence-electron chi connectivity index (χ2n) is 2.60. The summed E-state index contributed by atoms with van der Waals surface area (Å²) >= 11 is 3.13. The summed E-state index contributed by atoms with van der Waals surface area (Å²) < 4.78 is 13.7. The molecule has 0 aliphatic carbocycles. The fourth-order valence-electron chi connectivity index (χ4n) is 1.01. The van der Waals surface area contributed by atoms with Crippen molar-refractivity contribution < 1.29 is 9.18 Å². The van der Waals surface area contributed by atoms with E-state index < -0.39 is 5.82 Å². The van der Waals surface area contributed by atoms with E-state index in [0.29, 0.717) is 9.78 Å². The molecular formula is C8H8BrFNOP. The zero-order valence-corrected chi connectivity index (χ0v) is 9.64. The zero-order chi connectivity index (χ0) is 10.2. The molecule has 0 bridgehead atoms. The van der Waals surface area contributed by atoms with E-state index in [1.54, 1.807) is 0 Å². The van der Waals surface area contributed by atoms with Crippen LogP contribution in [0, 0.1) is 5.82 Å². The molecule has 1 rings (SSSR count). The van der Waals surface area contributed by atoms with Gasteiger partial charge >= 0.3 is 0 Å². The molecule has 0 heterocycles. The van der Waals surface area contributed by atoms with Crippen LogP contribution in [0.5, 0.6) is 0 Å². The van der Waals surface area contributed by atoms with Gasteiger partial charge in [-0.15, -0.1) is 9.24 Å². The molecule has 0 radical (unpaired) electrons. The van der Waals surface area contributed by atoms with Gasteiger partial charge in [-0.3, -0.25) is 4.79 Å². The standard InChI is InChI=1S/C8H8BrFNOP/c1-3(12)6-5(10)2-4(9)8(13)7(6)11/h2H,11,13H2,1H3. The molecular weight excluding hydrogens is 256 g/mol. The first-order valence-corrected chi connectivity index (χ1v) is 4.86. The highest BCUT2D eigenvalue weighted by molar-refractivity contribution is 9.10. The fraction of sp³-hybridized carbons (Fsp3) is 0.125. The third-order valence-corrected chi connectivity index (χ3v) is 3.36. The molecule has 13 heavy (non-hydrogen) atoms. The van der Waals surface area contributed by atoms with Crippen molar-refractivity contribution in [1.29, 1.82) is 0 Å². The summed E-state index contributed by atoms with van der Waals surface area (Å²) in [6.45, 7) is 1.28. The van der Waals surface area contributed by atoms with Crippen LogP contribution < -0.4 is 11.0 Å². The van der Waals surface area contributed by atoms with Crippen molar-refractivity contribution in [2.24, 2.45) is 0 Å². The number of Topliss-reactive ketones (excluding diaryl/α,β-unsaturated/α-hetero) is 1. The van der Waals surface area contributed by atoms with Gasteiger partial charge in [0.15, 0.2) is 5.78 Å². The molecule has 1 atom stereocenters. The molecule has 1 aromatic rings. The lowest BCUT2D eigenvalue weighted by molar-refractivity contribution is 0.101. The lowest BCUT2D eigenvalue weighted by Gasteiger charge is -2.08. The SMILES string of the molecule is CC(=O)c1c(F)cc(Br)c(P)c1N. The number of hydrogen-bond acceptors (Lipinski definition) is 2. The summed E-state index contributed by atoms with van der Waals surface area (Å²) in [5, 5.41) is 0.603. The summed E-state index contributed by atoms with van der Waals surface area (Å²) in [6, 6.07) is 1.23. The topological polar surface area (TPSA) is 43.1 Å². The van der Waals surface area contributed by atoms with Crippen molar-refractivity contribution in [3.63, 3.8) is 0 Å². The predicted molar refractivity (Wildman–Crippen MR) is 57.9 cm³/mol. The molecule has 1 unspecified atom stereocenters. The lowest BCUT2D eigenvalue weighted by atomic mass is 10.1. The van der Waals surface area contributed by atoms with Gasteiger partial charge in [0.1, 0.15) is 5.82 Å². The number of benzene rings is 1. The van der Waals surface area contributed by atoms with Crippen LogP contribution in [-0.2, 0) is 0 Å². The largest absolute Gasteiger partial charge is 0.398 e. The Hall–Kier alpha value is -0.470. The van der Waals surface area contributed by atoms with Gasteiger partial charge in [-0.1, -0.05) is 0 Å². The van der Waals surface area contributed by atoms with Crippen molar-refractivity contribution in [2.45, 2.75) is 6.92 Å². The van der Waals surface area contributed by atoms with E-state index in [-0.39, 0.29) is 17.0 Å². The summed E-state index contributed by atoms with van der Waals surface area (Å²) in [6.07, 6.45) is 0. The smallest absolute Gasteiger partial charge is 0.164 e. The van der Waals surface area contributed by atoms with Crippen LogP contribution in [-0.4, -0.2) is 5.78 Å². The minimum Gasteiger partial charge on any atom is -0.398 e. The van der Waals surface area contributed by atoms with Crippen LogP contribution in [0.25, 0.3) is 0 Å². The molecule has 2 nitrogen and oxygen atoms in total. The van der Waals surface area contributed by atoms with Crippen molar-refractivity contribution in [3.05, 3.63) is 21.9 Å². The first-order valence-electron chi connectivity index (χ1n) is 3.49. The molecule has 0 saturated heterocycles. The first kappa shape index (κ1) is 10.6. The van der Waals surface area contributed by atoms with Crippen LogP contribution in [0.2, 0.25) is 0 Å². The van der Waals surface area contributed by atoms with E-state index in [9.17, 15) is 9.18 Å². The normalized spacial score (nSPS) is 10.2. The maximum Gasteiger partial charge on any atom is 0.164 e. The Morgan fingerprint density at radius 1 is 1.69 bits per heavy atom. The number of ketones is 1. The van der Waals surface area contributed by atoms with Gasteiger partial charge < -0.3 is 5.73 Å². The third kappa shape index (κ3) is 1.89. The molecule has 0 saturated carbocycles. The quantitative estimate of drug-likeness (QED) is 0.478. The van der Waals surface area contributed by atoms with Crippen molar-refractivity contribution >= 4 is 41.9 Å². The third-order valence-electron chi connectivity index (χ3n) is 1.66. The number of nitrogens with two attached hydrogens (primary N) is 1. The van der Waals surface area contributed by atoms with Crippen LogP contribution in [0.3, 0.4) is 0 Å². The molecule has 70 valence electrons. The van der Waals surface area contributed by atoms with E-state index in [1.807, 2.05) is 0 Å². The van der Waals surface area contributed by atoms with Crippen molar-refractivity contribution in [1.82, 2.24) is 0 Å². The van der Waals surface area contributed by atoms with E-state index in [1.165, 1.54) is 13.0 Å². The first-order chi connectivity index (χ1) is 5.95. The molecule has 0 fully saturated rings. The van der Waals surface area contributed by atoms with Crippen LogP contribution in [0.1, 0.15) is 17.3 Å². The number of nitrogen functional groups attached to an aromatic ring is 1. The Labute approximate surface area is 86.0 Å². The van der Waals surface area contributed by atoms with Crippen molar-refractivity contribution in [2.75, 3.05) is 5.73 Å². The highest BCUT2D eigenvalue weighted by Crippen LogP contribution is 2.22. The highest BCUT2D eigenvalue weighted by Gasteiger charge is 2.15. The predicted octanol–water partition coefficient (Wildman–Crippen LogP) is 1.87. The summed E-state index contributed by atoms with van der Waals surface area (Å²) in [5.41, 5.74) is 5.70. The van der Waals surface area contributed by atoms with Crippen LogP contribution >= 0.6 is 25.2 Å². The van der Waals surface area contributed by atoms with Gasteiger partial charge in [-0.2, -0.15) is 0 Å². The van der Waals surface area contributed by atoms with Crippen LogP contribution in [0.4, 0.5) is 10.1 Å². The minimum absolute atomic E-state index is 0.0480. The van der Waals surface area contributed by atoms with E-state index >= 15 is 0 Å². The Balaban J connectivity index is 3.53. The average molecular weight is 264 g/mol. The van der Waals surface area contributed by atoms with E-state index in [2.05, 4.69) is 25.2 Å². The molecule has 1 aromatic carbocycles. The van der Waals surface area contributed by atoms with Gasteiger partial charge in [0.2, 0.25) is 0 Å². The number of rotatable bonds is 1. The van der Waals surface area contributed by atoms with Crippen LogP contribution in [0.15, 0.2) is 10.5 Å². The summed E-state index contributed by atoms with van der Waals surface area (Å²) in [5.74, 6) is -0.964. The number of hydrogen-bond donors (Lipinski definition) is 1. The number of carbonyl (C=O) groups excluding carboxylic acids is 1. The molecule has 0 aliphatic rings. The fourth-order valence-corrected chi connectivity index (χ4v) is 1.65. The molecule has 0 spiro atoms. The Morgan fingerprint density at radius 2 is 2.23 bits per heavy atom. The molecule has 0 aromatic heterocycles. The summed E-state index contributed by atoms with van der Waals surface area (Å²) in [7, 11) is 2.36. The Kier molecular flexibility index (Phi) is 3.04. The van der Waals surface area contributed by atoms with E-state index in [0.717, 1.165) is 0 Å². The number of halogens is 2. The highest BCUT2D eigenvalue weighted by atomic mass is 79.9. The molecule has 0 aliphatic heterocycles. The second-order valence-corrected chi connectivity index (χ2v) is 4.03. The zero-order valence-electron chi connectivity index (χ0n) is 6.90. The van der Waals surface area contributed by atoms with Gasteiger partial charge in [0.05, 0.1) is 11.3 Å². The minimum atomic E-state index is -0.594. The average Bonchev–Trinajstić information content (AvgIpc) is 1.99. The summed E-state index contributed by atoms with van der Waals surface area (Å²) in [4.78, 5) is 11.0. The lowest BCUT2D eigenvalue weighted by Crippen LogP contribution is -2.12. The maximum atomic E-state index is 13.2. The van der Waals surface area contributed by atoms with Crippen molar-refractivity contribution in [3.8, 4) is 0 Å².